The molecule has 0 aliphatic heterocycles. The number of ether oxygens (including phenoxy) is 1. The normalized spacial score (nSPS) is 12.8. The van der Waals surface area contributed by atoms with Crippen molar-refractivity contribution in [1.82, 2.24) is 10.2 Å². The minimum atomic E-state index is -4.23. The number of halogens is 2. The van der Waals surface area contributed by atoms with Gasteiger partial charge in [-0.15, -0.1) is 0 Å². The first kappa shape index (κ1) is 32.2. The van der Waals surface area contributed by atoms with Crippen LogP contribution in [0.15, 0.2) is 71.6 Å². The van der Waals surface area contributed by atoms with Crippen molar-refractivity contribution in [3.05, 3.63) is 87.9 Å². The summed E-state index contributed by atoms with van der Waals surface area (Å²) < 4.78 is 34.1. The summed E-state index contributed by atoms with van der Waals surface area (Å²) >= 11 is 12.8. The molecule has 0 fully saturated rings. The number of anilines is 1. The van der Waals surface area contributed by atoms with Crippen LogP contribution in [0.2, 0.25) is 10.0 Å². The fourth-order valence-electron chi connectivity index (χ4n) is 4.03. The molecule has 1 N–H and O–H groups in total. The molecule has 0 aromatic heterocycles. The molecule has 2 amide bonds. The largest absolute Gasteiger partial charge is 0.495 e. The SMILES string of the molecule is CC[C@H](C)NC(=O)[C@H](C)N(Cc1ccccc1Cl)C(=O)CN(c1ccc(OC)c(Cl)c1)S(=O)(=O)c1ccc(C)cc1. The lowest BCUT2D eigenvalue weighted by Gasteiger charge is -2.32. The highest BCUT2D eigenvalue weighted by molar-refractivity contribution is 7.92. The van der Waals surface area contributed by atoms with Crippen molar-refractivity contribution in [2.75, 3.05) is 18.0 Å². The molecule has 0 saturated heterocycles. The van der Waals surface area contributed by atoms with Gasteiger partial charge in [0.1, 0.15) is 18.3 Å². The van der Waals surface area contributed by atoms with Gasteiger partial charge in [-0.2, -0.15) is 0 Å². The molecule has 11 heteroatoms. The average Bonchev–Trinajstić information content (AvgIpc) is 2.95. The van der Waals surface area contributed by atoms with E-state index in [1.54, 1.807) is 43.3 Å². The Morgan fingerprint density at radius 1 is 0.976 bits per heavy atom. The minimum absolute atomic E-state index is 0.00283. The molecule has 0 saturated carbocycles. The summed E-state index contributed by atoms with van der Waals surface area (Å²) in [4.78, 5) is 28.5. The number of sulfonamides is 1. The molecule has 220 valence electrons. The third-order valence-corrected chi connectivity index (χ3v) is 9.23. The Labute approximate surface area is 252 Å². The van der Waals surface area contributed by atoms with Crippen LogP contribution < -0.4 is 14.4 Å². The fourth-order valence-corrected chi connectivity index (χ4v) is 5.89. The van der Waals surface area contributed by atoms with E-state index in [9.17, 15) is 18.0 Å². The van der Waals surface area contributed by atoms with Gasteiger partial charge in [-0.3, -0.25) is 13.9 Å². The van der Waals surface area contributed by atoms with E-state index in [2.05, 4.69) is 5.32 Å². The first-order valence-electron chi connectivity index (χ1n) is 13.1. The molecule has 0 unspecified atom stereocenters. The predicted octanol–water partition coefficient (Wildman–Crippen LogP) is 5.84. The monoisotopic (exact) mass is 619 g/mol. The van der Waals surface area contributed by atoms with Gasteiger partial charge in [0.2, 0.25) is 11.8 Å². The molecule has 3 aromatic carbocycles. The number of benzene rings is 3. The van der Waals surface area contributed by atoms with Gasteiger partial charge < -0.3 is 15.0 Å². The number of hydrogen-bond acceptors (Lipinski definition) is 5. The number of aryl methyl sites for hydroxylation is 1. The number of methoxy groups -OCH3 is 1. The average molecular weight is 621 g/mol. The Hall–Kier alpha value is -3.27. The molecule has 3 rings (SSSR count). The zero-order valence-corrected chi connectivity index (χ0v) is 26.1. The Morgan fingerprint density at radius 3 is 2.22 bits per heavy atom. The Morgan fingerprint density at radius 2 is 1.63 bits per heavy atom. The second-order valence-electron chi connectivity index (χ2n) is 9.75. The van der Waals surface area contributed by atoms with Gasteiger partial charge in [0.15, 0.2) is 0 Å². The van der Waals surface area contributed by atoms with Gasteiger partial charge in [-0.1, -0.05) is 66.0 Å². The summed E-state index contributed by atoms with van der Waals surface area (Å²) in [6.45, 7) is 6.67. The highest BCUT2D eigenvalue weighted by Gasteiger charge is 2.33. The first-order chi connectivity index (χ1) is 19.4. The van der Waals surface area contributed by atoms with Crippen LogP contribution >= 0.6 is 23.2 Å². The lowest BCUT2D eigenvalue weighted by Crippen LogP contribution is -2.52. The summed E-state index contributed by atoms with van der Waals surface area (Å²) in [5.74, 6) is -0.607. The topological polar surface area (TPSA) is 96.0 Å². The number of carbonyl (C=O) groups is 2. The van der Waals surface area contributed by atoms with Gasteiger partial charge >= 0.3 is 0 Å². The molecule has 3 aromatic rings. The summed E-state index contributed by atoms with van der Waals surface area (Å²) in [6, 6.07) is 16.8. The quantitative estimate of drug-likeness (QED) is 0.275. The van der Waals surface area contributed by atoms with Crippen LogP contribution in [0.1, 0.15) is 38.3 Å². The van der Waals surface area contributed by atoms with Crippen molar-refractivity contribution >= 4 is 50.7 Å². The van der Waals surface area contributed by atoms with Crippen LogP contribution in [0.25, 0.3) is 0 Å². The van der Waals surface area contributed by atoms with Gasteiger partial charge in [0.25, 0.3) is 10.0 Å². The van der Waals surface area contributed by atoms with Crippen LogP contribution in [0, 0.1) is 6.92 Å². The van der Waals surface area contributed by atoms with E-state index in [4.69, 9.17) is 27.9 Å². The predicted molar refractivity (Wildman–Crippen MR) is 163 cm³/mol. The number of rotatable bonds is 12. The van der Waals surface area contributed by atoms with E-state index in [1.165, 1.54) is 42.3 Å². The Balaban J connectivity index is 2.07. The Kier molecular flexibility index (Phi) is 11.1. The molecule has 8 nitrogen and oxygen atoms in total. The maximum absolute atomic E-state index is 14.0. The highest BCUT2D eigenvalue weighted by atomic mass is 35.5. The maximum atomic E-state index is 14.0. The second kappa shape index (κ2) is 14.1. The summed E-state index contributed by atoms with van der Waals surface area (Å²) in [7, 11) is -2.78. The third kappa shape index (κ3) is 7.93. The van der Waals surface area contributed by atoms with Crippen molar-refractivity contribution in [3.8, 4) is 5.75 Å². The lowest BCUT2D eigenvalue weighted by atomic mass is 10.1. The highest BCUT2D eigenvalue weighted by Crippen LogP contribution is 2.32. The molecule has 0 heterocycles. The van der Waals surface area contributed by atoms with Crippen LogP contribution in [-0.4, -0.2) is 50.9 Å². The van der Waals surface area contributed by atoms with Crippen LogP contribution in [-0.2, 0) is 26.2 Å². The number of nitrogens with zero attached hydrogens (tertiary/aromatic N) is 2. The molecule has 0 spiro atoms. The molecule has 0 bridgehead atoms. The maximum Gasteiger partial charge on any atom is 0.264 e. The molecule has 2 atom stereocenters. The van der Waals surface area contributed by atoms with E-state index in [0.717, 1.165) is 9.87 Å². The van der Waals surface area contributed by atoms with Gasteiger partial charge in [0.05, 0.1) is 22.7 Å². The minimum Gasteiger partial charge on any atom is -0.495 e. The van der Waals surface area contributed by atoms with Crippen molar-refractivity contribution < 1.29 is 22.7 Å². The van der Waals surface area contributed by atoms with Gasteiger partial charge in [-0.05, 0) is 69.2 Å². The van der Waals surface area contributed by atoms with Crippen molar-refractivity contribution in [2.45, 2.75) is 57.6 Å². The molecular formula is C30H35Cl2N3O5S. The van der Waals surface area contributed by atoms with Crippen LogP contribution in [0.3, 0.4) is 0 Å². The van der Waals surface area contributed by atoms with Gasteiger partial charge in [-0.25, -0.2) is 8.42 Å². The number of hydrogen-bond donors (Lipinski definition) is 1. The zero-order valence-electron chi connectivity index (χ0n) is 23.7. The van der Waals surface area contributed by atoms with E-state index in [0.29, 0.717) is 22.8 Å². The van der Waals surface area contributed by atoms with Gasteiger partial charge in [0, 0.05) is 17.6 Å². The zero-order chi connectivity index (χ0) is 30.3. The third-order valence-electron chi connectivity index (χ3n) is 6.78. The Bertz CT molecular complexity index is 1480. The van der Waals surface area contributed by atoms with Crippen molar-refractivity contribution in [3.63, 3.8) is 0 Å². The standard InChI is InChI=1S/C30H35Cl2N3O5S/c1-6-21(3)33-30(37)22(4)34(18-23-9-7-8-10-26(23)31)29(36)19-35(24-13-16-28(40-5)27(32)17-24)41(38,39)25-14-11-20(2)12-15-25/h7-17,21-22H,6,18-19H2,1-5H3,(H,33,37)/t21-,22-/m0/s1. The van der Waals surface area contributed by atoms with Crippen LogP contribution in [0.4, 0.5) is 5.69 Å². The summed E-state index contributed by atoms with van der Waals surface area (Å²) in [5, 5.41) is 3.50. The van der Waals surface area contributed by atoms with Crippen molar-refractivity contribution in [2.24, 2.45) is 0 Å². The lowest BCUT2D eigenvalue weighted by molar-refractivity contribution is -0.139. The number of amides is 2. The molecule has 0 aliphatic carbocycles. The van der Waals surface area contributed by atoms with Crippen LogP contribution in [0.5, 0.6) is 5.75 Å². The van der Waals surface area contributed by atoms with E-state index >= 15 is 0 Å². The molecular weight excluding hydrogens is 585 g/mol. The first-order valence-corrected chi connectivity index (χ1v) is 15.3. The molecule has 41 heavy (non-hydrogen) atoms. The number of carbonyl (C=O) groups excluding carboxylic acids is 2. The summed E-state index contributed by atoms with van der Waals surface area (Å²) in [5.41, 5.74) is 1.66. The van der Waals surface area contributed by atoms with E-state index in [1.807, 2.05) is 20.8 Å². The molecule has 0 aliphatic rings. The summed E-state index contributed by atoms with van der Waals surface area (Å²) in [6.07, 6.45) is 0.706. The number of nitrogens with one attached hydrogen (secondary N) is 1. The van der Waals surface area contributed by atoms with Crippen molar-refractivity contribution in [1.29, 1.82) is 0 Å². The van der Waals surface area contributed by atoms with E-state index < -0.39 is 28.5 Å². The molecule has 0 radical (unpaired) electrons. The second-order valence-corrected chi connectivity index (χ2v) is 12.4. The smallest absolute Gasteiger partial charge is 0.264 e. The fraction of sp³-hybridized carbons (Fsp3) is 0.333. The van der Waals surface area contributed by atoms with E-state index in [-0.39, 0.29) is 34.1 Å².